The first kappa shape index (κ1) is 11.6. The maximum Gasteiger partial charge on any atom is 0.152 e. The number of aromatic nitrogens is 3. The van der Waals surface area contributed by atoms with Crippen molar-refractivity contribution in [2.75, 3.05) is 0 Å². The third-order valence-corrected chi connectivity index (χ3v) is 1.94. The van der Waals surface area contributed by atoms with Crippen molar-refractivity contribution in [2.45, 2.75) is 6.92 Å². The Kier molecular flexibility index (Phi) is 3.74. The lowest BCUT2D eigenvalue weighted by molar-refractivity contribution is 0.112. The molecule has 4 nitrogen and oxygen atoms in total. The van der Waals surface area contributed by atoms with Gasteiger partial charge in [-0.1, -0.05) is 11.6 Å². The van der Waals surface area contributed by atoms with Crippen LogP contribution in [-0.4, -0.2) is 21.3 Å². The molecule has 0 fully saturated rings. The molecular weight excluding hydrogens is 258 g/mol. The minimum absolute atomic E-state index is 0. The minimum atomic E-state index is 0. The summed E-state index contributed by atoms with van der Waals surface area (Å²) >= 11 is 0. The highest BCUT2D eigenvalue weighted by Gasteiger charge is 2.04. The number of benzene rings is 1. The van der Waals surface area contributed by atoms with Gasteiger partial charge in [-0.15, -0.1) is 17.0 Å². The van der Waals surface area contributed by atoms with Crippen molar-refractivity contribution in [1.29, 1.82) is 0 Å². The van der Waals surface area contributed by atoms with E-state index < -0.39 is 0 Å². The number of rotatable bonds is 2. The van der Waals surface area contributed by atoms with E-state index in [0.29, 0.717) is 11.3 Å². The van der Waals surface area contributed by atoms with Gasteiger partial charge >= 0.3 is 0 Å². The maximum atomic E-state index is 10.8. The van der Waals surface area contributed by atoms with Gasteiger partial charge in [0.15, 0.2) is 6.29 Å². The van der Waals surface area contributed by atoms with Crippen LogP contribution in [0.25, 0.3) is 5.69 Å². The zero-order valence-electron chi connectivity index (χ0n) is 8.12. The van der Waals surface area contributed by atoms with E-state index >= 15 is 0 Å². The molecule has 0 aliphatic rings. The monoisotopic (exact) mass is 267 g/mol. The molecule has 78 valence electrons. The molecule has 0 amide bonds. The van der Waals surface area contributed by atoms with Gasteiger partial charge in [0.05, 0.1) is 18.1 Å². The number of carbonyl (C=O) groups is 1. The number of halogens is 1. The Labute approximate surface area is 97.7 Å². The number of aryl methyl sites for hydroxylation is 1. The topological polar surface area (TPSA) is 47.8 Å². The van der Waals surface area contributed by atoms with Crippen LogP contribution in [-0.2, 0) is 0 Å². The smallest absolute Gasteiger partial charge is 0.152 e. The van der Waals surface area contributed by atoms with Gasteiger partial charge in [-0.05, 0) is 19.1 Å². The van der Waals surface area contributed by atoms with Crippen molar-refractivity contribution in [3.05, 3.63) is 41.7 Å². The summed E-state index contributed by atoms with van der Waals surface area (Å²) in [6.45, 7) is 1.94. The summed E-state index contributed by atoms with van der Waals surface area (Å²) in [6, 6.07) is 5.57. The van der Waals surface area contributed by atoms with Crippen molar-refractivity contribution in [1.82, 2.24) is 15.0 Å². The highest BCUT2D eigenvalue weighted by atomic mass is 79.9. The van der Waals surface area contributed by atoms with E-state index in [-0.39, 0.29) is 17.0 Å². The van der Waals surface area contributed by atoms with E-state index in [0.717, 1.165) is 11.8 Å². The Bertz CT molecular complexity index is 454. The van der Waals surface area contributed by atoms with Crippen LogP contribution in [0, 0.1) is 6.92 Å². The predicted molar refractivity (Wildman–Crippen MR) is 61.8 cm³/mol. The lowest BCUT2D eigenvalue weighted by atomic mass is 10.1. The van der Waals surface area contributed by atoms with Crippen LogP contribution < -0.4 is 0 Å². The molecule has 1 heterocycles. The number of aldehydes is 1. The number of nitrogens with zero attached hydrogens (tertiary/aromatic N) is 3. The van der Waals surface area contributed by atoms with Crippen LogP contribution in [0.15, 0.2) is 30.6 Å². The molecule has 0 N–H and O–H groups in total. The van der Waals surface area contributed by atoms with Gasteiger partial charge in [0.25, 0.3) is 0 Å². The van der Waals surface area contributed by atoms with Gasteiger partial charge in [0.2, 0.25) is 0 Å². The fourth-order valence-corrected chi connectivity index (χ4v) is 1.29. The lowest BCUT2D eigenvalue weighted by Gasteiger charge is -2.03. The van der Waals surface area contributed by atoms with Crippen molar-refractivity contribution in [3.8, 4) is 5.69 Å². The van der Waals surface area contributed by atoms with Crippen molar-refractivity contribution in [2.24, 2.45) is 0 Å². The molecule has 0 radical (unpaired) electrons. The average Bonchev–Trinajstić information content (AvgIpc) is 2.70. The van der Waals surface area contributed by atoms with Crippen LogP contribution >= 0.6 is 17.0 Å². The minimum Gasteiger partial charge on any atom is -0.298 e. The van der Waals surface area contributed by atoms with E-state index in [1.165, 1.54) is 4.80 Å². The van der Waals surface area contributed by atoms with Gasteiger partial charge in [-0.3, -0.25) is 4.79 Å². The van der Waals surface area contributed by atoms with Crippen LogP contribution in [0.2, 0.25) is 0 Å². The fourth-order valence-electron chi connectivity index (χ4n) is 1.29. The third kappa shape index (κ3) is 2.30. The molecule has 0 saturated carbocycles. The quantitative estimate of drug-likeness (QED) is 0.782. The van der Waals surface area contributed by atoms with E-state index in [1.807, 2.05) is 25.1 Å². The first-order valence-corrected chi connectivity index (χ1v) is 4.24. The molecule has 5 heteroatoms. The Morgan fingerprint density at radius 3 is 2.53 bits per heavy atom. The molecule has 0 spiro atoms. The molecule has 0 bridgehead atoms. The first-order valence-electron chi connectivity index (χ1n) is 4.24. The second-order valence-corrected chi connectivity index (χ2v) is 3.00. The summed E-state index contributed by atoms with van der Waals surface area (Å²) in [5.41, 5.74) is 2.35. The normalized spacial score (nSPS) is 9.40. The molecule has 2 aromatic rings. The SMILES string of the molecule is Br.Cc1ccc(-n2nccn2)c(C=O)c1. The summed E-state index contributed by atoms with van der Waals surface area (Å²) in [7, 11) is 0. The van der Waals surface area contributed by atoms with Crippen LogP contribution in [0.4, 0.5) is 0 Å². The number of hydrogen-bond acceptors (Lipinski definition) is 3. The highest BCUT2D eigenvalue weighted by Crippen LogP contribution is 2.12. The number of carbonyl (C=O) groups excluding carboxylic acids is 1. The zero-order chi connectivity index (χ0) is 9.97. The van der Waals surface area contributed by atoms with Crippen molar-refractivity contribution >= 4 is 23.3 Å². The summed E-state index contributed by atoms with van der Waals surface area (Å²) in [4.78, 5) is 12.2. The van der Waals surface area contributed by atoms with Crippen molar-refractivity contribution < 1.29 is 4.79 Å². The summed E-state index contributed by atoms with van der Waals surface area (Å²) < 4.78 is 0. The van der Waals surface area contributed by atoms with E-state index in [4.69, 9.17) is 0 Å². The zero-order valence-corrected chi connectivity index (χ0v) is 9.84. The molecule has 1 aromatic carbocycles. The molecular formula is C10H10BrN3O. The number of hydrogen-bond donors (Lipinski definition) is 0. The van der Waals surface area contributed by atoms with Crippen molar-refractivity contribution in [3.63, 3.8) is 0 Å². The Balaban J connectivity index is 0.00000112. The molecule has 0 aliphatic carbocycles. The fraction of sp³-hybridized carbons (Fsp3) is 0.100. The lowest BCUT2D eigenvalue weighted by Crippen LogP contribution is -2.02. The standard InChI is InChI=1S/C10H9N3O.BrH/c1-8-2-3-10(9(6-8)7-14)13-11-4-5-12-13;/h2-7H,1H3;1H. The first-order chi connectivity index (χ1) is 6.81. The second-order valence-electron chi connectivity index (χ2n) is 3.00. The maximum absolute atomic E-state index is 10.8. The van der Waals surface area contributed by atoms with E-state index in [9.17, 15) is 4.79 Å². The largest absolute Gasteiger partial charge is 0.298 e. The van der Waals surface area contributed by atoms with Gasteiger partial charge < -0.3 is 0 Å². The Hall–Kier alpha value is -1.49. The third-order valence-electron chi connectivity index (χ3n) is 1.94. The molecule has 0 saturated heterocycles. The summed E-state index contributed by atoms with van der Waals surface area (Å²) in [5, 5.41) is 7.94. The average molecular weight is 268 g/mol. The van der Waals surface area contributed by atoms with E-state index in [2.05, 4.69) is 10.2 Å². The van der Waals surface area contributed by atoms with Crippen LogP contribution in [0.3, 0.4) is 0 Å². The van der Waals surface area contributed by atoms with Crippen LogP contribution in [0.5, 0.6) is 0 Å². The molecule has 15 heavy (non-hydrogen) atoms. The van der Waals surface area contributed by atoms with Gasteiger partial charge in [0, 0.05) is 5.56 Å². The van der Waals surface area contributed by atoms with Gasteiger partial charge in [0.1, 0.15) is 0 Å². The Morgan fingerprint density at radius 2 is 1.93 bits per heavy atom. The molecule has 0 aliphatic heterocycles. The summed E-state index contributed by atoms with van der Waals surface area (Å²) in [5.74, 6) is 0. The van der Waals surface area contributed by atoms with E-state index in [1.54, 1.807) is 12.4 Å². The van der Waals surface area contributed by atoms with Gasteiger partial charge in [-0.2, -0.15) is 15.0 Å². The highest BCUT2D eigenvalue weighted by molar-refractivity contribution is 8.93. The Morgan fingerprint density at radius 1 is 1.27 bits per heavy atom. The van der Waals surface area contributed by atoms with Gasteiger partial charge in [-0.25, -0.2) is 0 Å². The van der Waals surface area contributed by atoms with Crippen LogP contribution in [0.1, 0.15) is 15.9 Å². The molecule has 2 rings (SSSR count). The molecule has 1 aromatic heterocycles. The predicted octanol–water partition coefficient (Wildman–Crippen LogP) is 1.97. The molecule has 0 atom stereocenters. The molecule has 0 unspecified atom stereocenters. The second kappa shape index (κ2) is 4.84. The summed E-state index contributed by atoms with van der Waals surface area (Å²) in [6.07, 6.45) is 3.97.